The van der Waals surface area contributed by atoms with Gasteiger partial charge < -0.3 is 5.32 Å². The third kappa shape index (κ3) is 3.36. The first-order valence-electron chi connectivity index (χ1n) is 6.99. The highest BCUT2D eigenvalue weighted by Crippen LogP contribution is 2.30. The number of amides is 2. The fraction of sp³-hybridized carbons (Fsp3) is 0.286. The van der Waals surface area contributed by atoms with Crippen molar-refractivity contribution in [1.82, 2.24) is 14.8 Å². The van der Waals surface area contributed by atoms with Gasteiger partial charge in [0, 0.05) is 12.1 Å². The second-order valence-electron chi connectivity index (χ2n) is 5.28. The molecule has 126 valence electrons. The van der Waals surface area contributed by atoms with Gasteiger partial charge in [0.2, 0.25) is 17.8 Å². The molecule has 1 unspecified atom stereocenters. The zero-order valence-corrected chi connectivity index (χ0v) is 12.2. The number of aromatic nitrogens is 3. The van der Waals surface area contributed by atoms with Gasteiger partial charge in [-0.25, -0.2) is 4.68 Å². The summed E-state index contributed by atoms with van der Waals surface area (Å²) in [5, 5.41) is 8.79. The minimum absolute atomic E-state index is 0.0208. The van der Waals surface area contributed by atoms with Gasteiger partial charge in [-0.3, -0.25) is 14.9 Å². The standard InChI is InChI=1S/C14H12F3N5O2/c15-14(16,17)9-2-1-3-10(5-9)20-11(23)4-8-6-22-13(18-7-19-22)21-12(8)24/h1-3,5,7-8H,4,6H2,(H,20,23)(H,18,19,21,24). The number of carbonyl (C=O) groups is 2. The minimum Gasteiger partial charge on any atom is -0.326 e. The quantitative estimate of drug-likeness (QED) is 0.894. The molecule has 0 saturated heterocycles. The maximum absolute atomic E-state index is 12.7. The summed E-state index contributed by atoms with van der Waals surface area (Å²) in [6.45, 7) is 0.178. The van der Waals surface area contributed by atoms with Gasteiger partial charge in [-0.1, -0.05) is 6.07 Å². The molecule has 0 saturated carbocycles. The number of halogens is 3. The number of nitrogens with one attached hydrogen (secondary N) is 2. The molecule has 0 bridgehead atoms. The molecular formula is C14H12F3N5O2. The van der Waals surface area contributed by atoms with Crippen molar-refractivity contribution < 1.29 is 22.8 Å². The minimum atomic E-state index is -4.49. The zero-order chi connectivity index (χ0) is 17.3. The van der Waals surface area contributed by atoms with Gasteiger partial charge >= 0.3 is 6.18 Å². The Labute approximate surface area is 133 Å². The van der Waals surface area contributed by atoms with Crippen molar-refractivity contribution in [3.8, 4) is 0 Å². The fourth-order valence-corrected chi connectivity index (χ4v) is 2.36. The predicted molar refractivity (Wildman–Crippen MR) is 76.8 cm³/mol. The van der Waals surface area contributed by atoms with E-state index in [4.69, 9.17) is 0 Å². The summed E-state index contributed by atoms with van der Waals surface area (Å²) in [6, 6.07) is 4.31. The van der Waals surface area contributed by atoms with Crippen molar-refractivity contribution in [2.75, 3.05) is 10.6 Å². The van der Waals surface area contributed by atoms with Crippen molar-refractivity contribution in [1.29, 1.82) is 0 Å². The van der Waals surface area contributed by atoms with Crippen molar-refractivity contribution in [3.63, 3.8) is 0 Å². The number of benzene rings is 1. The van der Waals surface area contributed by atoms with Crippen LogP contribution in [-0.4, -0.2) is 26.6 Å². The molecule has 0 spiro atoms. The lowest BCUT2D eigenvalue weighted by atomic mass is 10.0. The molecule has 2 amide bonds. The molecule has 2 aromatic rings. The SMILES string of the molecule is O=C(CC1Cn2ncnc2NC1=O)Nc1cccc(C(F)(F)F)c1. The van der Waals surface area contributed by atoms with E-state index in [1.165, 1.54) is 23.1 Å². The summed E-state index contributed by atoms with van der Waals surface area (Å²) in [5.74, 6) is -1.31. The topological polar surface area (TPSA) is 88.9 Å². The Morgan fingerprint density at radius 1 is 1.42 bits per heavy atom. The molecule has 0 fully saturated rings. The molecule has 1 aromatic carbocycles. The monoisotopic (exact) mass is 339 g/mol. The van der Waals surface area contributed by atoms with E-state index >= 15 is 0 Å². The summed E-state index contributed by atoms with van der Waals surface area (Å²) < 4.78 is 39.4. The Morgan fingerprint density at radius 2 is 2.21 bits per heavy atom. The highest BCUT2D eigenvalue weighted by molar-refractivity contribution is 5.98. The van der Waals surface area contributed by atoms with E-state index in [1.54, 1.807) is 0 Å². The zero-order valence-electron chi connectivity index (χ0n) is 12.2. The Morgan fingerprint density at radius 3 is 2.96 bits per heavy atom. The lowest BCUT2D eigenvalue weighted by molar-refractivity contribution is -0.137. The molecule has 1 atom stereocenters. The van der Waals surface area contributed by atoms with Crippen LogP contribution >= 0.6 is 0 Å². The molecule has 1 aromatic heterocycles. The van der Waals surface area contributed by atoms with Crippen LogP contribution in [0.2, 0.25) is 0 Å². The van der Waals surface area contributed by atoms with Crippen molar-refractivity contribution in [3.05, 3.63) is 36.2 Å². The Kier molecular flexibility index (Phi) is 3.96. The smallest absolute Gasteiger partial charge is 0.326 e. The van der Waals surface area contributed by atoms with Crippen LogP contribution in [0.1, 0.15) is 12.0 Å². The molecule has 2 heterocycles. The van der Waals surface area contributed by atoms with Gasteiger partial charge in [0.05, 0.1) is 18.0 Å². The molecule has 1 aliphatic heterocycles. The lowest BCUT2D eigenvalue weighted by Gasteiger charge is -2.21. The number of rotatable bonds is 3. The number of alkyl halides is 3. The lowest BCUT2D eigenvalue weighted by Crippen LogP contribution is -2.36. The average Bonchev–Trinajstić information content (AvgIpc) is 2.94. The fourth-order valence-electron chi connectivity index (χ4n) is 2.36. The molecule has 7 nitrogen and oxygen atoms in total. The summed E-state index contributed by atoms with van der Waals surface area (Å²) in [5.41, 5.74) is -0.838. The summed E-state index contributed by atoms with van der Waals surface area (Å²) in [7, 11) is 0. The van der Waals surface area contributed by atoms with Crippen molar-refractivity contribution >= 4 is 23.5 Å². The Hall–Kier alpha value is -2.91. The number of nitrogens with zero attached hydrogens (tertiary/aromatic N) is 3. The van der Waals surface area contributed by atoms with E-state index in [2.05, 4.69) is 20.7 Å². The van der Waals surface area contributed by atoms with Crippen LogP contribution in [0.4, 0.5) is 24.8 Å². The van der Waals surface area contributed by atoms with Crippen molar-refractivity contribution in [2.24, 2.45) is 5.92 Å². The maximum atomic E-state index is 12.7. The third-order valence-electron chi connectivity index (χ3n) is 3.52. The normalized spacial score (nSPS) is 17.1. The van der Waals surface area contributed by atoms with Gasteiger partial charge in [-0.2, -0.15) is 23.3 Å². The summed E-state index contributed by atoms with van der Waals surface area (Å²) >= 11 is 0. The molecule has 3 rings (SSSR count). The van der Waals surface area contributed by atoms with Crippen LogP contribution in [0.3, 0.4) is 0 Å². The Balaban J connectivity index is 1.65. The van der Waals surface area contributed by atoms with E-state index in [0.717, 1.165) is 12.1 Å². The first kappa shape index (κ1) is 16.0. The molecule has 2 N–H and O–H groups in total. The van der Waals surface area contributed by atoms with E-state index in [-0.39, 0.29) is 24.6 Å². The molecular weight excluding hydrogens is 327 g/mol. The van der Waals surface area contributed by atoms with Gasteiger partial charge in [-0.05, 0) is 18.2 Å². The largest absolute Gasteiger partial charge is 0.416 e. The third-order valence-corrected chi connectivity index (χ3v) is 3.52. The molecule has 10 heteroatoms. The molecule has 0 radical (unpaired) electrons. The maximum Gasteiger partial charge on any atom is 0.416 e. The van der Waals surface area contributed by atoms with E-state index in [1.807, 2.05) is 0 Å². The van der Waals surface area contributed by atoms with Crippen LogP contribution in [0, 0.1) is 5.92 Å². The highest BCUT2D eigenvalue weighted by atomic mass is 19.4. The highest BCUT2D eigenvalue weighted by Gasteiger charge is 2.31. The number of fused-ring (bicyclic) bond motifs is 1. The number of carbonyl (C=O) groups excluding carboxylic acids is 2. The van der Waals surface area contributed by atoms with Crippen LogP contribution in [0.25, 0.3) is 0 Å². The second kappa shape index (κ2) is 5.95. The average molecular weight is 339 g/mol. The summed E-state index contributed by atoms with van der Waals surface area (Å²) in [6.07, 6.45) is -3.39. The van der Waals surface area contributed by atoms with Gasteiger partial charge in [-0.15, -0.1) is 0 Å². The van der Waals surface area contributed by atoms with Gasteiger partial charge in [0.15, 0.2) is 0 Å². The molecule has 1 aliphatic rings. The van der Waals surface area contributed by atoms with Crippen LogP contribution in [0.5, 0.6) is 0 Å². The predicted octanol–water partition coefficient (Wildman–Crippen LogP) is 1.89. The van der Waals surface area contributed by atoms with Crippen LogP contribution in [0.15, 0.2) is 30.6 Å². The van der Waals surface area contributed by atoms with E-state index in [0.29, 0.717) is 5.95 Å². The van der Waals surface area contributed by atoms with Crippen molar-refractivity contribution in [2.45, 2.75) is 19.1 Å². The number of hydrogen-bond donors (Lipinski definition) is 2. The van der Waals surface area contributed by atoms with Gasteiger partial charge in [0.1, 0.15) is 6.33 Å². The summed E-state index contributed by atoms with van der Waals surface area (Å²) in [4.78, 5) is 27.8. The first-order valence-corrected chi connectivity index (χ1v) is 6.99. The Bertz CT molecular complexity index is 787. The number of hydrogen-bond acceptors (Lipinski definition) is 4. The molecule has 24 heavy (non-hydrogen) atoms. The second-order valence-corrected chi connectivity index (χ2v) is 5.28. The van der Waals surface area contributed by atoms with E-state index in [9.17, 15) is 22.8 Å². The number of anilines is 2. The van der Waals surface area contributed by atoms with Crippen LogP contribution < -0.4 is 10.6 Å². The van der Waals surface area contributed by atoms with Gasteiger partial charge in [0.25, 0.3) is 0 Å². The van der Waals surface area contributed by atoms with E-state index < -0.39 is 23.6 Å². The van der Waals surface area contributed by atoms with Crippen LogP contribution in [-0.2, 0) is 22.3 Å². The molecule has 0 aliphatic carbocycles. The first-order chi connectivity index (χ1) is 11.3.